The smallest absolute Gasteiger partial charge is 0.293 e. The van der Waals surface area contributed by atoms with Crippen LogP contribution in [-0.2, 0) is 4.79 Å². The van der Waals surface area contributed by atoms with E-state index in [-0.39, 0.29) is 23.3 Å². The molecule has 3 rings (SSSR count). The fraction of sp³-hybridized carbons (Fsp3) is 0.364. The summed E-state index contributed by atoms with van der Waals surface area (Å²) in [5.74, 6) is 0.514. The van der Waals surface area contributed by atoms with E-state index in [0.717, 1.165) is 46.7 Å². The lowest BCUT2D eigenvalue weighted by atomic mass is 10.0. The van der Waals surface area contributed by atoms with E-state index in [1.807, 2.05) is 63.2 Å². The van der Waals surface area contributed by atoms with Crippen molar-refractivity contribution in [2.75, 3.05) is 0 Å². The number of amides is 2. The molecule has 5 heteroatoms. The zero-order chi connectivity index (χ0) is 19.6. The number of benzene rings is 2. The molecule has 0 spiro atoms. The average molecular weight is 384 g/mol. The van der Waals surface area contributed by atoms with Crippen molar-refractivity contribution in [2.24, 2.45) is 0 Å². The van der Waals surface area contributed by atoms with Crippen molar-refractivity contribution in [3.05, 3.63) is 46.9 Å². The Hall–Kier alpha value is -2.27. The Morgan fingerprint density at radius 3 is 2.52 bits per heavy atom. The number of thioether (sulfide) groups is 1. The predicted molar refractivity (Wildman–Crippen MR) is 112 cm³/mol. The molecule has 0 aliphatic carbocycles. The largest absolute Gasteiger partial charge is 0.490 e. The third-order valence-corrected chi connectivity index (χ3v) is 5.85. The lowest BCUT2D eigenvalue weighted by molar-refractivity contribution is -0.124. The van der Waals surface area contributed by atoms with Crippen LogP contribution in [0.2, 0.25) is 0 Å². The summed E-state index contributed by atoms with van der Waals surface area (Å²) in [7, 11) is 0. The SMILES string of the molecule is CC[C@@H](C)Oc1ccc2ccccc2c1/C=C1/SC(=O)N([C@@H](C)CC)C1=O. The van der Waals surface area contributed by atoms with Gasteiger partial charge in [0.1, 0.15) is 5.75 Å². The van der Waals surface area contributed by atoms with Crippen molar-refractivity contribution in [1.29, 1.82) is 0 Å². The molecule has 2 aromatic carbocycles. The van der Waals surface area contributed by atoms with Crippen LogP contribution < -0.4 is 4.74 Å². The van der Waals surface area contributed by atoms with Gasteiger partial charge in [0.2, 0.25) is 0 Å². The van der Waals surface area contributed by atoms with E-state index in [4.69, 9.17) is 4.74 Å². The number of imide groups is 1. The summed E-state index contributed by atoms with van der Waals surface area (Å²) in [5.41, 5.74) is 0.850. The number of ether oxygens (including phenoxy) is 1. The van der Waals surface area contributed by atoms with Crippen molar-refractivity contribution >= 4 is 39.8 Å². The monoisotopic (exact) mass is 383 g/mol. The predicted octanol–water partition coefficient (Wildman–Crippen LogP) is 5.85. The number of fused-ring (bicyclic) bond motifs is 1. The number of carbonyl (C=O) groups is 2. The van der Waals surface area contributed by atoms with E-state index in [2.05, 4.69) is 6.92 Å². The van der Waals surface area contributed by atoms with Gasteiger partial charge < -0.3 is 4.74 Å². The second-order valence-electron chi connectivity index (χ2n) is 6.84. The molecule has 0 bridgehead atoms. The van der Waals surface area contributed by atoms with E-state index in [9.17, 15) is 9.59 Å². The van der Waals surface area contributed by atoms with Crippen molar-refractivity contribution in [3.63, 3.8) is 0 Å². The van der Waals surface area contributed by atoms with Gasteiger partial charge in [0, 0.05) is 11.6 Å². The minimum absolute atomic E-state index is 0.0634. The Morgan fingerprint density at radius 2 is 1.81 bits per heavy atom. The molecular weight excluding hydrogens is 358 g/mol. The maximum atomic E-state index is 12.8. The molecule has 1 fully saturated rings. The lowest BCUT2D eigenvalue weighted by Crippen LogP contribution is -2.36. The van der Waals surface area contributed by atoms with Crippen molar-refractivity contribution < 1.29 is 14.3 Å². The third-order valence-electron chi connectivity index (χ3n) is 4.96. The first-order chi connectivity index (χ1) is 13.0. The summed E-state index contributed by atoms with van der Waals surface area (Å²) in [6.45, 7) is 7.97. The maximum Gasteiger partial charge on any atom is 0.293 e. The molecule has 0 unspecified atom stereocenters. The molecular formula is C22H25NO3S. The van der Waals surface area contributed by atoms with Crippen LogP contribution in [0, 0.1) is 0 Å². The molecule has 2 atom stereocenters. The van der Waals surface area contributed by atoms with Gasteiger partial charge in [-0.05, 0) is 61.4 Å². The molecule has 2 aromatic rings. The molecule has 1 aliphatic heterocycles. The second kappa shape index (κ2) is 8.17. The van der Waals surface area contributed by atoms with Crippen LogP contribution in [0.3, 0.4) is 0 Å². The van der Waals surface area contributed by atoms with E-state index in [1.165, 1.54) is 4.90 Å². The fourth-order valence-electron chi connectivity index (χ4n) is 3.00. The van der Waals surface area contributed by atoms with E-state index >= 15 is 0 Å². The molecule has 1 aliphatic rings. The van der Waals surface area contributed by atoms with Crippen molar-refractivity contribution in [3.8, 4) is 5.75 Å². The van der Waals surface area contributed by atoms with Gasteiger partial charge in [0.15, 0.2) is 0 Å². The van der Waals surface area contributed by atoms with Gasteiger partial charge in [-0.2, -0.15) is 0 Å². The van der Waals surface area contributed by atoms with Gasteiger partial charge >= 0.3 is 0 Å². The summed E-state index contributed by atoms with van der Waals surface area (Å²) in [6, 6.07) is 11.9. The topological polar surface area (TPSA) is 46.6 Å². The highest BCUT2D eigenvalue weighted by Crippen LogP contribution is 2.38. The summed E-state index contributed by atoms with van der Waals surface area (Å²) in [6.07, 6.45) is 3.50. The summed E-state index contributed by atoms with van der Waals surface area (Å²) in [4.78, 5) is 27.0. The second-order valence-corrected chi connectivity index (χ2v) is 7.84. The molecule has 2 amide bonds. The van der Waals surface area contributed by atoms with Gasteiger partial charge in [-0.1, -0.05) is 44.2 Å². The Balaban J connectivity index is 2.10. The van der Waals surface area contributed by atoms with E-state index in [1.54, 1.807) is 0 Å². The Labute approximate surface area is 164 Å². The molecule has 0 aromatic heterocycles. The van der Waals surface area contributed by atoms with Gasteiger partial charge in [0.25, 0.3) is 11.1 Å². The molecule has 4 nitrogen and oxygen atoms in total. The van der Waals surface area contributed by atoms with Gasteiger partial charge in [-0.25, -0.2) is 0 Å². The minimum atomic E-state index is -0.221. The first-order valence-electron chi connectivity index (χ1n) is 9.41. The molecule has 0 radical (unpaired) electrons. The molecule has 27 heavy (non-hydrogen) atoms. The maximum absolute atomic E-state index is 12.8. The van der Waals surface area contributed by atoms with Gasteiger partial charge in [-0.15, -0.1) is 0 Å². The molecule has 0 saturated carbocycles. The standard InChI is InChI=1S/C22H25NO3S/c1-5-14(3)23-21(24)20(27-22(23)25)13-18-17-10-8-7-9-16(17)11-12-19(18)26-15(4)6-2/h7-15H,5-6H2,1-4H3/b20-13+/t14-,15+/m0/s1. The highest BCUT2D eigenvalue weighted by molar-refractivity contribution is 8.18. The van der Waals surface area contributed by atoms with Gasteiger partial charge in [-0.3, -0.25) is 14.5 Å². The summed E-state index contributed by atoms with van der Waals surface area (Å²) in [5, 5.41) is 1.88. The molecule has 1 heterocycles. The van der Waals surface area contributed by atoms with Crippen LogP contribution in [0.4, 0.5) is 4.79 Å². The lowest BCUT2D eigenvalue weighted by Gasteiger charge is -2.19. The number of rotatable bonds is 6. The minimum Gasteiger partial charge on any atom is -0.490 e. The van der Waals surface area contributed by atoms with Crippen LogP contribution in [0.1, 0.15) is 46.1 Å². The number of hydrogen-bond donors (Lipinski definition) is 0. The fourth-order valence-corrected chi connectivity index (χ4v) is 3.91. The van der Waals surface area contributed by atoms with Crippen molar-refractivity contribution in [1.82, 2.24) is 4.90 Å². The zero-order valence-electron chi connectivity index (χ0n) is 16.2. The van der Waals surface area contributed by atoms with E-state index < -0.39 is 0 Å². The molecule has 142 valence electrons. The normalized spacial score (nSPS) is 18.4. The quantitative estimate of drug-likeness (QED) is 0.587. The van der Waals surface area contributed by atoms with Crippen LogP contribution in [-0.4, -0.2) is 28.2 Å². The Kier molecular flexibility index (Phi) is 5.90. The van der Waals surface area contributed by atoms with Crippen LogP contribution >= 0.6 is 11.8 Å². The zero-order valence-corrected chi connectivity index (χ0v) is 17.0. The number of nitrogens with zero attached hydrogens (tertiary/aromatic N) is 1. The number of hydrogen-bond acceptors (Lipinski definition) is 4. The molecule has 1 saturated heterocycles. The average Bonchev–Trinajstić information content (AvgIpc) is 2.96. The van der Waals surface area contributed by atoms with Crippen LogP contribution in [0.15, 0.2) is 41.3 Å². The Bertz CT molecular complexity index is 906. The van der Waals surface area contributed by atoms with Crippen LogP contribution in [0.5, 0.6) is 5.75 Å². The first-order valence-corrected chi connectivity index (χ1v) is 10.2. The van der Waals surface area contributed by atoms with E-state index in [0.29, 0.717) is 4.91 Å². The summed E-state index contributed by atoms with van der Waals surface area (Å²) < 4.78 is 6.11. The number of carbonyl (C=O) groups excluding carboxylic acids is 2. The van der Waals surface area contributed by atoms with Crippen molar-refractivity contribution in [2.45, 2.75) is 52.7 Å². The highest BCUT2D eigenvalue weighted by atomic mass is 32.2. The molecule has 0 N–H and O–H groups in total. The summed E-state index contributed by atoms with van der Waals surface area (Å²) >= 11 is 1.01. The van der Waals surface area contributed by atoms with Gasteiger partial charge in [0.05, 0.1) is 11.0 Å². The highest BCUT2D eigenvalue weighted by Gasteiger charge is 2.37. The third kappa shape index (κ3) is 3.88. The first kappa shape index (κ1) is 19.5. The van der Waals surface area contributed by atoms with Crippen LogP contribution in [0.25, 0.3) is 16.8 Å². The Morgan fingerprint density at radius 1 is 1.07 bits per heavy atom.